The summed E-state index contributed by atoms with van der Waals surface area (Å²) in [6, 6.07) is 7.77. The summed E-state index contributed by atoms with van der Waals surface area (Å²) >= 11 is 0. The third-order valence-corrected chi connectivity index (χ3v) is 6.96. The molecule has 2 atom stereocenters. The molecule has 1 amide bonds. The lowest BCUT2D eigenvalue weighted by atomic mass is 9.64. The highest BCUT2D eigenvalue weighted by atomic mass is 16.2. The summed E-state index contributed by atoms with van der Waals surface area (Å²) in [6.07, 6.45) is 4.34. The summed E-state index contributed by atoms with van der Waals surface area (Å²) in [7, 11) is 0. The van der Waals surface area contributed by atoms with Gasteiger partial charge in [-0.3, -0.25) is 14.4 Å². The lowest BCUT2D eigenvalue weighted by Gasteiger charge is -2.37. The number of ketones is 2. The van der Waals surface area contributed by atoms with Crippen molar-refractivity contribution in [3.63, 3.8) is 0 Å². The van der Waals surface area contributed by atoms with E-state index in [2.05, 4.69) is 12.2 Å². The van der Waals surface area contributed by atoms with Gasteiger partial charge in [-0.1, -0.05) is 46.2 Å². The van der Waals surface area contributed by atoms with Crippen molar-refractivity contribution in [3.05, 3.63) is 29.8 Å². The zero-order chi connectivity index (χ0) is 18.5. The smallest absolute Gasteiger partial charge is 0.239 e. The van der Waals surface area contributed by atoms with E-state index in [0.29, 0.717) is 18.5 Å². The van der Waals surface area contributed by atoms with Gasteiger partial charge in [0.2, 0.25) is 17.5 Å². The van der Waals surface area contributed by atoms with Crippen molar-refractivity contribution in [1.29, 1.82) is 0 Å². The van der Waals surface area contributed by atoms with Crippen molar-refractivity contribution >= 4 is 23.2 Å². The maximum Gasteiger partial charge on any atom is 0.239 e. The lowest BCUT2D eigenvalue weighted by Crippen LogP contribution is -2.47. The molecule has 1 aromatic rings. The summed E-state index contributed by atoms with van der Waals surface area (Å²) < 4.78 is 0. The molecule has 2 aliphatic carbocycles. The van der Waals surface area contributed by atoms with Gasteiger partial charge in [0.05, 0.1) is 0 Å². The van der Waals surface area contributed by atoms with Crippen LogP contribution in [0.15, 0.2) is 24.3 Å². The van der Waals surface area contributed by atoms with Crippen LogP contribution in [0, 0.1) is 16.2 Å². The molecule has 0 unspecified atom stereocenters. The van der Waals surface area contributed by atoms with Gasteiger partial charge in [0.15, 0.2) is 0 Å². The highest BCUT2D eigenvalue weighted by Gasteiger charge is 2.77. The van der Waals surface area contributed by atoms with Crippen LogP contribution in [0.5, 0.6) is 0 Å². The minimum absolute atomic E-state index is 0.335. The van der Waals surface area contributed by atoms with E-state index in [9.17, 15) is 14.4 Å². The molecule has 1 N–H and O–H groups in total. The van der Waals surface area contributed by atoms with Crippen LogP contribution < -0.4 is 5.32 Å². The van der Waals surface area contributed by atoms with Crippen LogP contribution in [0.3, 0.4) is 0 Å². The van der Waals surface area contributed by atoms with Crippen molar-refractivity contribution in [2.45, 2.75) is 59.8 Å². The van der Waals surface area contributed by atoms with Crippen molar-refractivity contribution in [2.24, 2.45) is 16.2 Å². The second-order valence-electron chi connectivity index (χ2n) is 8.28. The molecule has 25 heavy (non-hydrogen) atoms. The van der Waals surface area contributed by atoms with E-state index in [1.165, 1.54) is 5.56 Å². The molecule has 2 saturated carbocycles. The Balaban J connectivity index is 1.84. The van der Waals surface area contributed by atoms with E-state index in [1.54, 1.807) is 0 Å². The van der Waals surface area contributed by atoms with E-state index in [4.69, 9.17) is 0 Å². The highest BCUT2D eigenvalue weighted by Crippen LogP contribution is 2.69. The van der Waals surface area contributed by atoms with Gasteiger partial charge < -0.3 is 5.32 Å². The molecule has 0 radical (unpaired) electrons. The van der Waals surface area contributed by atoms with Crippen LogP contribution in [0.1, 0.15) is 58.9 Å². The van der Waals surface area contributed by atoms with E-state index in [-0.39, 0.29) is 11.7 Å². The van der Waals surface area contributed by atoms with Crippen molar-refractivity contribution in [3.8, 4) is 0 Å². The number of hydrogen-bond acceptors (Lipinski definition) is 3. The Hall–Kier alpha value is -1.97. The first-order chi connectivity index (χ1) is 11.7. The number of fused-ring (bicyclic) bond motifs is 2. The number of amides is 1. The number of Topliss-reactive ketones (excluding diaryl/α,β-unsaturated/α-hetero) is 2. The van der Waals surface area contributed by atoms with E-state index < -0.39 is 22.0 Å². The number of rotatable bonds is 5. The average molecular weight is 341 g/mol. The zero-order valence-corrected chi connectivity index (χ0v) is 15.6. The molecule has 2 aliphatic rings. The van der Waals surface area contributed by atoms with Crippen LogP contribution in [-0.4, -0.2) is 17.5 Å². The molecule has 0 aromatic heterocycles. The van der Waals surface area contributed by atoms with Gasteiger partial charge in [-0.25, -0.2) is 0 Å². The first kappa shape index (κ1) is 17.8. The summed E-state index contributed by atoms with van der Waals surface area (Å²) in [4.78, 5) is 38.3. The number of carbonyl (C=O) groups excluding carboxylic acids is 3. The Kier molecular flexibility index (Phi) is 4.13. The summed E-state index contributed by atoms with van der Waals surface area (Å²) in [5, 5.41) is 2.90. The predicted molar refractivity (Wildman–Crippen MR) is 97.3 cm³/mol. The van der Waals surface area contributed by atoms with Crippen LogP contribution in [0.2, 0.25) is 0 Å². The Morgan fingerprint density at radius 3 is 2.20 bits per heavy atom. The van der Waals surface area contributed by atoms with Gasteiger partial charge in [0.25, 0.3) is 0 Å². The van der Waals surface area contributed by atoms with E-state index in [1.807, 2.05) is 45.0 Å². The Bertz CT molecular complexity index is 734. The van der Waals surface area contributed by atoms with Crippen molar-refractivity contribution in [1.82, 2.24) is 0 Å². The summed E-state index contributed by atoms with van der Waals surface area (Å²) in [6.45, 7) is 7.76. The molecule has 2 bridgehead atoms. The van der Waals surface area contributed by atoms with Crippen LogP contribution in [0.4, 0.5) is 5.69 Å². The third kappa shape index (κ3) is 2.22. The Labute approximate surface area is 149 Å². The Morgan fingerprint density at radius 2 is 1.68 bits per heavy atom. The van der Waals surface area contributed by atoms with Crippen LogP contribution in [0.25, 0.3) is 0 Å². The van der Waals surface area contributed by atoms with Gasteiger partial charge in [-0.15, -0.1) is 0 Å². The molecular formula is C21H27NO3. The normalized spacial score (nSPS) is 29.9. The number of benzene rings is 1. The average Bonchev–Trinajstić information content (AvgIpc) is 2.86. The number of unbranched alkanes of at least 4 members (excludes halogenated alkanes) is 1. The molecule has 0 saturated heterocycles. The molecule has 0 aliphatic heterocycles. The first-order valence-corrected chi connectivity index (χ1v) is 9.20. The van der Waals surface area contributed by atoms with E-state index >= 15 is 0 Å². The lowest BCUT2D eigenvalue weighted by molar-refractivity contribution is -0.147. The molecular weight excluding hydrogens is 314 g/mol. The van der Waals surface area contributed by atoms with Gasteiger partial charge in [-0.2, -0.15) is 0 Å². The van der Waals surface area contributed by atoms with Crippen LogP contribution >= 0.6 is 0 Å². The van der Waals surface area contributed by atoms with Crippen molar-refractivity contribution in [2.75, 3.05) is 5.32 Å². The van der Waals surface area contributed by atoms with Gasteiger partial charge in [-0.05, 0) is 48.8 Å². The van der Waals surface area contributed by atoms with Gasteiger partial charge >= 0.3 is 0 Å². The number of aryl methyl sites for hydroxylation is 1. The van der Waals surface area contributed by atoms with Crippen LogP contribution in [-0.2, 0) is 20.8 Å². The fourth-order valence-corrected chi connectivity index (χ4v) is 4.65. The molecule has 1 aromatic carbocycles. The predicted octanol–water partition coefficient (Wildman–Crippen LogP) is 3.93. The van der Waals surface area contributed by atoms with Gasteiger partial charge in [0, 0.05) is 11.1 Å². The molecule has 0 spiro atoms. The zero-order valence-electron chi connectivity index (χ0n) is 15.6. The topological polar surface area (TPSA) is 63.2 Å². The number of carbonyl (C=O) groups is 3. The standard InChI is InChI=1S/C21H27NO3/c1-5-6-7-14-8-10-15(11-9-14)22-18(25)21-13-12-20(4,19(21,2)3)16(23)17(21)24/h8-11H,5-7,12-13H2,1-4H3,(H,22,25)/t20-,21+/m0/s1. The molecule has 134 valence electrons. The minimum Gasteiger partial charge on any atom is -0.325 e. The quantitative estimate of drug-likeness (QED) is 0.652. The molecule has 4 nitrogen and oxygen atoms in total. The number of nitrogens with one attached hydrogen (secondary N) is 1. The third-order valence-electron chi connectivity index (χ3n) is 6.96. The van der Waals surface area contributed by atoms with Gasteiger partial charge in [0.1, 0.15) is 5.41 Å². The van der Waals surface area contributed by atoms with E-state index in [0.717, 1.165) is 19.3 Å². The minimum atomic E-state index is -1.24. The molecule has 0 heterocycles. The SMILES string of the molecule is CCCCc1ccc(NC(=O)[C@@]23CC[C@@](C)(C(=O)C2=O)C3(C)C)cc1. The van der Waals surface area contributed by atoms with Crippen molar-refractivity contribution < 1.29 is 14.4 Å². The molecule has 4 heteroatoms. The Morgan fingerprint density at radius 1 is 1.04 bits per heavy atom. The maximum atomic E-state index is 13.1. The summed E-state index contributed by atoms with van der Waals surface area (Å²) in [5.74, 6) is -1.23. The molecule has 2 fully saturated rings. The maximum absolute atomic E-state index is 13.1. The second-order valence-corrected chi connectivity index (χ2v) is 8.28. The largest absolute Gasteiger partial charge is 0.325 e. The molecule has 3 rings (SSSR count). The highest BCUT2D eigenvalue weighted by molar-refractivity contribution is 6.49. The fraction of sp³-hybridized carbons (Fsp3) is 0.571. The second kappa shape index (κ2) is 5.79. The number of hydrogen-bond donors (Lipinski definition) is 1. The summed E-state index contributed by atoms with van der Waals surface area (Å²) in [5.41, 5.74) is -0.722. The first-order valence-electron chi connectivity index (χ1n) is 9.20. The monoisotopic (exact) mass is 341 g/mol. The fourth-order valence-electron chi connectivity index (χ4n) is 4.65. The number of anilines is 1.